The Bertz CT molecular complexity index is 455. The Balaban J connectivity index is 3.12. The monoisotopic (exact) mass is 312 g/mol. The van der Waals surface area contributed by atoms with E-state index < -0.39 is 28.8 Å². The molecule has 1 aliphatic rings. The molecule has 1 rings (SSSR count). The van der Waals surface area contributed by atoms with Gasteiger partial charge in [-0.05, 0) is 40.5 Å². The Morgan fingerprint density at radius 1 is 1.14 bits per heavy atom. The molecule has 7 nitrogen and oxygen atoms in total. The summed E-state index contributed by atoms with van der Waals surface area (Å²) in [6.45, 7) is 8.97. The van der Waals surface area contributed by atoms with Gasteiger partial charge in [0, 0.05) is 37.1 Å². The van der Waals surface area contributed by atoms with Crippen LogP contribution in [0, 0.1) is 0 Å². The highest BCUT2D eigenvalue weighted by Gasteiger charge is 2.49. The van der Waals surface area contributed by atoms with Crippen molar-refractivity contribution in [3.63, 3.8) is 0 Å². The number of amides is 3. The minimum atomic E-state index is -0.824. The van der Waals surface area contributed by atoms with Gasteiger partial charge in [-0.2, -0.15) is 0 Å². The lowest BCUT2D eigenvalue weighted by Crippen LogP contribution is -2.67. The van der Waals surface area contributed by atoms with Crippen LogP contribution in [0.5, 0.6) is 0 Å². The van der Waals surface area contributed by atoms with Gasteiger partial charge in [0.05, 0.1) is 0 Å². The first-order chi connectivity index (χ1) is 9.94. The standard InChI is InChI=1S/C15H28N4O3/c1-10(20)18(7-6-16)12(21)13(22)19-14(2,3)8-11(17)9-15(19,4)5/h11H,6-9,16-17H2,1-5H3. The third kappa shape index (κ3) is 3.64. The normalized spacial score (nSPS) is 20.6. The van der Waals surface area contributed by atoms with E-state index in [4.69, 9.17) is 11.5 Å². The van der Waals surface area contributed by atoms with Crippen LogP contribution in [0.25, 0.3) is 0 Å². The van der Waals surface area contributed by atoms with Gasteiger partial charge in [0.15, 0.2) is 0 Å². The fraction of sp³-hybridized carbons (Fsp3) is 0.800. The van der Waals surface area contributed by atoms with Crippen molar-refractivity contribution in [1.29, 1.82) is 0 Å². The van der Waals surface area contributed by atoms with E-state index in [-0.39, 0.29) is 19.1 Å². The molecule has 1 saturated heterocycles. The highest BCUT2D eigenvalue weighted by atomic mass is 16.2. The molecule has 4 N–H and O–H groups in total. The number of piperidine rings is 1. The van der Waals surface area contributed by atoms with Crippen LogP contribution in [0.4, 0.5) is 0 Å². The van der Waals surface area contributed by atoms with Gasteiger partial charge in [0.25, 0.3) is 0 Å². The van der Waals surface area contributed by atoms with Crippen LogP contribution < -0.4 is 11.5 Å². The number of rotatable bonds is 2. The molecule has 0 spiro atoms. The number of carbonyl (C=O) groups excluding carboxylic acids is 3. The maximum Gasteiger partial charge on any atom is 0.318 e. The van der Waals surface area contributed by atoms with Crippen molar-refractivity contribution in [3.8, 4) is 0 Å². The quantitative estimate of drug-likeness (QED) is 0.688. The Labute approximate surface area is 132 Å². The van der Waals surface area contributed by atoms with Gasteiger partial charge in [-0.15, -0.1) is 0 Å². The summed E-state index contributed by atoms with van der Waals surface area (Å²) < 4.78 is 0. The van der Waals surface area contributed by atoms with Crippen LogP contribution >= 0.6 is 0 Å². The lowest BCUT2D eigenvalue weighted by molar-refractivity contribution is -0.166. The molecular weight excluding hydrogens is 284 g/mol. The Morgan fingerprint density at radius 2 is 1.59 bits per heavy atom. The predicted octanol–water partition coefficient (Wildman–Crippen LogP) is -0.173. The molecule has 0 bridgehead atoms. The summed E-state index contributed by atoms with van der Waals surface area (Å²) in [5, 5.41) is 0. The number of imide groups is 1. The highest BCUT2D eigenvalue weighted by molar-refractivity contribution is 6.37. The van der Waals surface area contributed by atoms with Crippen LogP contribution in [0.15, 0.2) is 0 Å². The fourth-order valence-electron chi connectivity index (χ4n) is 3.65. The van der Waals surface area contributed by atoms with Crippen LogP contribution in [-0.2, 0) is 14.4 Å². The first-order valence-corrected chi connectivity index (χ1v) is 7.56. The summed E-state index contributed by atoms with van der Waals surface area (Å²) in [7, 11) is 0. The summed E-state index contributed by atoms with van der Waals surface area (Å²) in [5.41, 5.74) is 10.4. The summed E-state index contributed by atoms with van der Waals surface area (Å²) in [6, 6.07) is -0.0305. The highest BCUT2D eigenvalue weighted by Crippen LogP contribution is 2.37. The van der Waals surface area contributed by atoms with E-state index in [9.17, 15) is 14.4 Å². The van der Waals surface area contributed by atoms with Crippen LogP contribution in [-0.4, -0.2) is 57.7 Å². The van der Waals surface area contributed by atoms with Gasteiger partial charge in [0.1, 0.15) is 0 Å². The van der Waals surface area contributed by atoms with E-state index in [0.29, 0.717) is 12.8 Å². The van der Waals surface area contributed by atoms with Crippen molar-refractivity contribution < 1.29 is 14.4 Å². The Hall–Kier alpha value is -1.47. The van der Waals surface area contributed by atoms with E-state index in [1.807, 2.05) is 27.7 Å². The van der Waals surface area contributed by atoms with E-state index >= 15 is 0 Å². The summed E-state index contributed by atoms with van der Waals surface area (Å²) in [5.74, 6) is -1.98. The molecule has 22 heavy (non-hydrogen) atoms. The molecule has 3 amide bonds. The van der Waals surface area contributed by atoms with Crippen molar-refractivity contribution >= 4 is 17.7 Å². The van der Waals surface area contributed by atoms with Gasteiger partial charge in [-0.25, -0.2) is 0 Å². The zero-order valence-corrected chi connectivity index (χ0v) is 14.2. The molecule has 0 aromatic heterocycles. The number of carbonyl (C=O) groups is 3. The molecule has 1 heterocycles. The molecule has 126 valence electrons. The molecule has 0 saturated carbocycles. The van der Waals surface area contributed by atoms with Crippen molar-refractivity contribution in [2.45, 2.75) is 64.6 Å². The average Bonchev–Trinajstić information content (AvgIpc) is 2.30. The number of hydrogen-bond donors (Lipinski definition) is 2. The van der Waals surface area contributed by atoms with Crippen molar-refractivity contribution in [3.05, 3.63) is 0 Å². The topological polar surface area (TPSA) is 110 Å². The predicted molar refractivity (Wildman–Crippen MR) is 83.7 cm³/mol. The number of nitrogens with two attached hydrogens (primary N) is 2. The largest absolute Gasteiger partial charge is 0.329 e. The molecule has 7 heteroatoms. The number of hydrogen-bond acceptors (Lipinski definition) is 5. The van der Waals surface area contributed by atoms with Crippen LogP contribution in [0.1, 0.15) is 47.5 Å². The maximum absolute atomic E-state index is 12.8. The number of likely N-dealkylation sites (tertiary alicyclic amines) is 1. The zero-order valence-electron chi connectivity index (χ0n) is 14.2. The van der Waals surface area contributed by atoms with E-state index in [0.717, 1.165) is 4.90 Å². The Kier molecular flexibility index (Phi) is 5.35. The lowest BCUT2D eigenvalue weighted by Gasteiger charge is -2.54. The van der Waals surface area contributed by atoms with Gasteiger partial charge in [-0.3, -0.25) is 19.3 Å². The molecule has 0 unspecified atom stereocenters. The first kappa shape index (κ1) is 18.6. The molecule has 0 aromatic carbocycles. The van der Waals surface area contributed by atoms with Gasteiger partial charge >= 0.3 is 11.8 Å². The molecule has 0 aliphatic carbocycles. The van der Waals surface area contributed by atoms with Crippen molar-refractivity contribution in [2.24, 2.45) is 11.5 Å². The molecule has 0 aromatic rings. The summed E-state index contributed by atoms with van der Waals surface area (Å²) >= 11 is 0. The van der Waals surface area contributed by atoms with Gasteiger partial charge in [0.2, 0.25) is 5.91 Å². The second-order valence-electron chi connectivity index (χ2n) is 7.20. The van der Waals surface area contributed by atoms with Crippen molar-refractivity contribution in [1.82, 2.24) is 9.80 Å². The third-order valence-electron chi connectivity index (χ3n) is 4.10. The molecule has 1 aliphatic heterocycles. The summed E-state index contributed by atoms with van der Waals surface area (Å²) in [4.78, 5) is 39.3. The molecular formula is C15H28N4O3. The van der Waals surface area contributed by atoms with E-state index in [2.05, 4.69) is 0 Å². The van der Waals surface area contributed by atoms with E-state index in [1.165, 1.54) is 6.92 Å². The summed E-state index contributed by atoms with van der Waals surface area (Å²) in [6.07, 6.45) is 1.21. The maximum atomic E-state index is 12.8. The van der Waals surface area contributed by atoms with Crippen LogP contribution in [0.3, 0.4) is 0 Å². The fourth-order valence-corrected chi connectivity index (χ4v) is 3.65. The smallest absolute Gasteiger partial charge is 0.318 e. The third-order valence-corrected chi connectivity index (χ3v) is 4.10. The SMILES string of the molecule is CC(=O)N(CCN)C(=O)C(=O)N1C(C)(C)CC(N)CC1(C)C. The van der Waals surface area contributed by atoms with Crippen LogP contribution in [0.2, 0.25) is 0 Å². The second kappa shape index (κ2) is 6.34. The zero-order chi connectivity index (χ0) is 17.3. The lowest BCUT2D eigenvalue weighted by atomic mass is 9.77. The second-order valence-corrected chi connectivity index (χ2v) is 7.20. The van der Waals surface area contributed by atoms with Gasteiger partial charge < -0.3 is 16.4 Å². The number of nitrogens with zero attached hydrogens (tertiary/aromatic N) is 2. The Morgan fingerprint density at radius 3 is 1.95 bits per heavy atom. The molecule has 0 radical (unpaired) electrons. The minimum Gasteiger partial charge on any atom is -0.329 e. The molecule has 1 fully saturated rings. The minimum absolute atomic E-state index is 0.0305. The van der Waals surface area contributed by atoms with Gasteiger partial charge in [-0.1, -0.05) is 0 Å². The molecule has 0 atom stereocenters. The van der Waals surface area contributed by atoms with Crippen molar-refractivity contribution in [2.75, 3.05) is 13.1 Å². The first-order valence-electron chi connectivity index (χ1n) is 7.56. The van der Waals surface area contributed by atoms with E-state index in [1.54, 1.807) is 4.90 Å². The average molecular weight is 312 g/mol.